The SMILES string of the molecule is CC(C)(C)CNCCCNc1ncccn1. The van der Waals surface area contributed by atoms with Crippen LogP contribution in [0.4, 0.5) is 5.95 Å². The first-order valence-electron chi connectivity index (χ1n) is 5.79. The van der Waals surface area contributed by atoms with Crippen LogP contribution in [0.15, 0.2) is 18.5 Å². The van der Waals surface area contributed by atoms with E-state index in [2.05, 4.69) is 41.4 Å². The van der Waals surface area contributed by atoms with Gasteiger partial charge in [0.15, 0.2) is 0 Å². The van der Waals surface area contributed by atoms with Gasteiger partial charge in [0.05, 0.1) is 0 Å². The third-order valence-corrected chi connectivity index (χ3v) is 2.03. The van der Waals surface area contributed by atoms with Crippen LogP contribution in [-0.4, -0.2) is 29.6 Å². The van der Waals surface area contributed by atoms with Crippen LogP contribution in [0, 0.1) is 5.41 Å². The van der Waals surface area contributed by atoms with Crippen molar-refractivity contribution in [1.29, 1.82) is 0 Å². The van der Waals surface area contributed by atoms with E-state index in [0.29, 0.717) is 11.4 Å². The van der Waals surface area contributed by atoms with Crippen LogP contribution in [0.3, 0.4) is 0 Å². The van der Waals surface area contributed by atoms with Crippen LogP contribution < -0.4 is 10.6 Å². The second-order valence-electron chi connectivity index (χ2n) is 5.09. The van der Waals surface area contributed by atoms with E-state index in [-0.39, 0.29) is 0 Å². The summed E-state index contributed by atoms with van der Waals surface area (Å²) in [4.78, 5) is 8.19. The molecule has 0 unspecified atom stereocenters. The van der Waals surface area contributed by atoms with Crippen molar-refractivity contribution >= 4 is 5.95 Å². The van der Waals surface area contributed by atoms with Gasteiger partial charge in [-0.1, -0.05) is 20.8 Å². The van der Waals surface area contributed by atoms with Crippen LogP contribution in [-0.2, 0) is 0 Å². The molecule has 2 N–H and O–H groups in total. The zero-order valence-electron chi connectivity index (χ0n) is 10.5. The molecule has 0 saturated carbocycles. The number of nitrogens with one attached hydrogen (secondary N) is 2. The molecule has 0 bridgehead atoms. The number of nitrogens with zero attached hydrogens (tertiary/aromatic N) is 2. The molecule has 0 fully saturated rings. The third-order valence-electron chi connectivity index (χ3n) is 2.03. The van der Waals surface area contributed by atoms with Gasteiger partial charge in [0.2, 0.25) is 5.95 Å². The van der Waals surface area contributed by atoms with Crippen molar-refractivity contribution in [2.45, 2.75) is 27.2 Å². The highest BCUT2D eigenvalue weighted by Crippen LogP contribution is 2.09. The summed E-state index contributed by atoms with van der Waals surface area (Å²) in [5, 5.41) is 6.61. The molecule has 0 saturated heterocycles. The molecule has 0 radical (unpaired) electrons. The van der Waals surface area contributed by atoms with E-state index in [1.54, 1.807) is 12.4 Å². The molecule has 4 heteroatoms. The highest BCUT2D eigenvalue weighted by molar-refractivity contribution is 5.21. The van der Waals surface area contributed by atoms with E-state index in [1.807, 2.05) is 6.07 Å². The summed E-state index contributed by atoms with van der Waals surface area (Å²) in [6.07, 6.45) is 4.56. The van der Waals surface area contributed by atoms with Crippen molar-refractivity contribution < 1.29 is 0 Å². The fourth-order valence-electron chi connectivity index (χ4n) is 1.27. The lowest BCUT2D eigenvalue weighted by Gasteiger charge is -2.18. The largest absolute Gasteiger partial charge is 0.354 e. The summed E-state index contributed by atoms with van der Waals surface area (Å²) in [5.41, 5.74) is 0.357. The predicted octanol–water partition coefficient (Wildman–Crippen LogP) is 1.91. The molecule has 0 aromatic carbocycles. The molecule has 0 spiro atoms. The van der Waals surface area contributed by atoms with Crippen molar-refractivity contribution in [3.8, 4) is 0 Å². The van der Waals surface area contributed by atoms with Gasteiger partial charge in [-0.05, 0) is 31.0 Å². The van der Waals surface area contributed by atoms with E-state index < -0.39 is 0 Å². The molecule has 1 heterocycles. The van der Waals surface area contributed by atoms with E-state index >= 15 is 0 Å². The summed E-state index contributed by atoms with van der Waals surface area (Å²) < 4.78 is 0. The number of hydrogen-bond acceptors (Lipinski definition) is 4. The summed E-state index contributed by atoms with van der Waals surface area (Å²) in [6.45, 7) is 9.68. The molecule has 4 nitrogen and oxygen atoms in total. The predicted molar refractivity (Wildman–Crippen MR) is 67.5 cm³/mol. The lowest BCUT2D eigenvalue weighted by Crippen LogP contribution is -2.28. The smallest absolute Gasteiger partial charge is 0.222 e. The van der Waals surface area contributed by atoms with Gasteiger partial charge >= 0.3 is 0 Å². The molecule has 16 heavy (non-hydrogen) atoms. The first kappa shape index (κ1) is 12.9. The van der Waals surface area contributed by atoms with Crippen molar-refractivity contribution in [3.05, 3.63) is 18.5 Å². The quantitative estimate of drug-likeness (QED) is 0.722. The summed E-state index contributed by atoms with van der Waals surface area (Å²) in [6, 6.07) is 1.82. The lowest BCUT2D eigenvalue weighted by atomic mass is 9.97. The van der Waals surface area contributed by atoms with Crippen molar-refractivity contribution in [2.75, 3.05) is 25.0 Å². The number of rotatable bonds is 6. The van der Waals surface area contributed by atoms with E-state index in [1.165, 1.54) is 0 Å². The van der Waals surface area contributed by atoms with Gasteiger partial charge in [-0.3, -0.25) is 0 Å². The molecule has 1 aromatic heterocycles. The van der Waals surface area contributed by atoms with Gasteiger partial charge in [-0.25, -0.2) is 9.97 Å². The maximum absolute atomic E-state index is 4.09. The highest BCUT2D eigenvalue weighted by atomic mass is 15.1. The van der Waals surface area contributed by atoms with Gasteiger partial charge in [-0.2, -0.15) is 0 Å². The zero-order chi connectivity index (χ0) is 11.9. The molecule has 0 aliphatic carbocycles. The molecule has 0 amide bonds. The second kappa shape index (κ2) is 6.43. The topological polar surface area (TPSA) is 49.8 Å². The fraction of sp³-hybridized carbons (Fsp3) is 0.667. The monoisotopic (exact) mass is 222 g/mol. The minimum absolute atomic E-state index is 0.357. The summed E-state index contributed by atoms with van der Waals surface area (Å²) in [5.74, 6) is 0.707. The van der Waals surface area contributed by atoms with E-state index in [4.69, 9.17) is 0 Å². The van der Waals surface area contributed by atoms with E-state index in [0.717, 1.165) is 26.1 Å². The molecule has 0 aliphatic rings. The summed E-state index contributed by atoms with van der Waals surface area (Å²) in [7, 11) is 0. The normalized spacial score (nSPS) is 11.4. The van der Waals surface area contributed by atoms with Gasteiger partial charge in [0, 0.05) is 18.9 Å². The van der Waals surface area contributed by atoms with Crippen LogP contribution in [0.2, 0.25) is 0 Å². The Morgan fingerprint density at radius 1 is 1.12 bits per heavy atom. The Balaban J connectivity index is 2.01. The van der Waals surface area contributed by atoms with Crippen molar-refractivity contribution in [2.24, 2.45) is 5.41 Å². The Hall–Kier alpha value is -1.16. The van der Waals surface area contributed by atoms with Gasteiger partial charge in [0.1, 0.15) is 0 Å². The van der Waals surface area contributed by atoms with Crippen LogP contribution in [0.5, 0.6) is 0 Å². The van der Waals surface area contributed by atoms with Crippen molar-refractivity contribution in [1.82, 2.24) is 15.3 Å². The Labute approximate surface area is 97.9 Å². The Bertz CT molecular complexity index is 279. The number of hydrogen-bond donors (Lipinski definition) is 2. The standard InChI is InChI=1S/C12H22N4/c1-12(2,3)10-13-6-4-7-14-11-15-8-5-9-16-11/h5,8-9,13H,4,6-7,10H2,1-3H3,(H,14,15,16). The molecular formula is C12H22N4. The third kappa shape index (κ3) is 6.35. The zero-order valence-corrected chi connectivity index (χ0v) is 10.5. The molecular weight excluding hydrogens is 200 g/mol. The average Bonchev–Trinajstić information content (AvgIpc) is 2.23. The minimum Gasteiger partial charge on any atom is -0.354 e. The van der Waals surface area contributed by atoms with Crippen LogP contribution in [0.1, 0.15) is 27.2 Å². The summed E-state index contributed by atoms with van der Waals surface area (Å²) >= 11 is 0. The fourth-order valence-corrected chi connectivity index (χ4v) is 1.27. The van der Waals surface area contributed by atoms with Crippen LogP contribution >= 0.6 is 0 Å². The molecule has 0 atom stereocenters. The Kier molecular flexibility index (Phi) is 5.19. The number of anilines is 1. The molecule has 1 rings (SSSR count). The van der Waals surface area contributed by atoms with E-state index in [9.17, 15) is 0 Å². The maximum atomic E-state index is 4.09. The average molecular weight is 222 g/mol. The Morgan fingerprint density at radius 2 is 1.81 bits per heavy atom. The van der Waals surface area contributed by atoms with Gasteiger partial charge in [0.25, 0.3) is 0 Å². The highest BCUT2D eigenvalue weighted by Gasteiger charge is 2.07. The maximum Gasteiger partial charge on any atom is 0.222 e. The molecule has 90 valence electrons. The van der Waals surface area contributed by atoms with Gasteiger partial charge < -0.3 is 10.6 Å². The van der Waals surface area contributed by atoms with Crippen LogP contribution in [0.25, 0.3) is 0 Å². The molecule has 1 aromatic rings. The van der Waals surface area contributed by atoms with Gasteiger partial charge in [-0.15, -0.1) is 0 Å². The molecule has 0 aliphatic heterocycles. The first-order valence-corrected chi connectivity index (χ1v) is 5.79. The second-order valence-corrected chi connectivity index (χ2v) is 5.09. The minimum atomic E-state index is 0.357. The van der Waals surface area contributed by atoms with Crippen molar-refractivity contribution in [3.63, 3.8) is 0 Å². The Morgan fingerprint density at radius 3 is 2.44 bits per heavy atom. The first-order chi connectivity index (χ1) is 7.58. The lowest BCUT2D eigenvalue weighted by molar-refractivity contribution is 0.380. The number of aromatic nitrogens is 2.